The molecule has 1 saturated heterocycles. The molecule has 19 heavy (non-hydrogen) atoms. The van der Waals surface area contributed by atoms with Gasteiger partial charge in [0.1, 0.15) is 0 Å². The number of anilines is 1. The molecule has 1 heterocycles. The van der Waals surface area contributed by atoms with Crippen molar-refractivity contribution in [1.82, 2.24) is 4.90 Å². The maximum absolute atomic E-state index is 9.61. The third kappa shape index (κ3) is 3.30. The highest BCUT2D eigenvalue weighted by Crippen LogP contribution is 2.26. The SMILES string of the molecule is Cc1cc(Br)ccc1N1CCC(C)N(C)C(CO)C1. The molecular weight excluding hydrogens is 304 g/mol. The minimum Gasteiger partial charge on any atom is -0.395 e. The average molecular weight is 327 g/mol. The predicted octanol–water partition coefficient (Wildman–Crippen LogP) is 2.65. The fraction of sp³-hybridized carbons (Fsp3) is 0.600. The van der Waals surface area contributed by atoms with Gasteiger partial charge in [-0.2, -0.15) is 0 Å². The Bertz CT molecular complexity index is 438. The van der Waals surface area contributed by atoms with Gasteiger partial charge in [-0.25, -0.2) is 0 Å². The Kier molecular flexibility index (Phi) is 4.87. The smallest absolute Gasteiger partial charge is 0.0604 e. The zero-order chi connectivity index (χ0) is 14.0. The summed E-state index contributed by atoms with van der Waals surface area (Å²) in [6, 6.07) is 7.14. The quantitative estimate of drug-likeness (QED) is 0.905. The van der Waals surface area contributed by atoms with Crippen molar-refractivity contribution in [3.63, 3.8) is 0 Å². The van der Waals surface area contributed by atoms with Crippen molar-refractivity contribution >= 4 is 21.6 Å². The summed E-state index contributed by atoms with van der Waals surface area (Å²) >= 11 is 3.51. The van der Waals surface area contributed by atoms with Crippen LogP contribution in [0, 0.1) is 6.92 Å². The van der Waals surface area contributed by atoms with E-state index in [1.165, 1.54) is 11.3 Å². The van der Waals surface area contributed by atoms with Crippen LogP contribution in [0.5, 0.6) is 0 Å². The van der Waals surface area contributed by atoms with E-state index >= 15 is 0 Å². The number of nitrogens with zero attached hydrogens (tertiary/aromatic N) is 2. The zero-order valence-electron chi connectivity index (χ0n) is 11.9. The number of aliphatic hydroxyl groups excluding tert-OH is 1. The number of hydrogen-bond donors (Lipinski definition) is 1. The van der Waals surface area contributed by atoms with E-state index in [-0.39, 0.29) is 12.6 Å². The van der Waals surface area contributed by atoms with E-state index in [0.29, 0.717) is 6.04 Å². The van der Waals surface area contributed by atoms with Crippen LogP contribution < -0.4 is 4.90 Å². The molecule has 106 valence electrons. The lowest BCUT2D eigenvalue weighted by atomic mass is 10.1. The van der Waals surface area contributed by atoms with E-state index in [4.69, 9.17) is 0 Å². The topological polar surface area (TPSA) is 26.7 Å². The van der Waals surface area contributed by atoms with Gasteiger partial charge in [0, 0.05) is 29.3 Å². The highest BCUT2D eigenvalue weighted by molar-refractivity contribution is 9.10. The Hall–Kier alpha value is -0.580. The Labute approximate surface area is 124 Å². The highest BCUT2D eigenvalue weighted by Gasteiger charge is 2.26. The number of rotatable bonds is 2. The van der Waals surface area contributed by atoms with Gasteiger partial charge in [0.25, 0.3) is 0 Å². The summed E-state index contributed by atoms with van der Waals surface area (Å²) in [5, 5.41) is 9.61. The first-order valence-electron chi connectivity index (χ1n) is 6.87. The number of aryl methyl sites for hydroxylation is 1. The summed E-state index contributed by atoms with van der Waals surface area (Å²) in [6.45, 7) is 6.53. The van der Waals surface area contributed by atoms with E-state index in [1.807, 2.05) is 0 Å². The highest BCUT2D eigenvalue weighted by atomic mass is 79.9. The largest absolute Gasteiger partial charge is 0.395 e. The van der Waals surface area contributed by atoms with Crippen LogP contribution in [0.4, 0.5) is 5.69 Å². The summed E-state index contributed by atoms with van der Waals surface area (Å²) in [5.41, 5.74) is 2.56. The summed E-state index contributed by atoms with van der Waals surface area (Å²) in [5.74, 6) is 0. The maximum atomic E-state index is 9.61. The van der Waals surface area contributed by atoms with E-state index < -0.39 is 0 Å². The third-order valence-corrected chi connectivity index (χ3v) is 4.72. The molecule has 1 aromatic rings. The van der Waals surface area contributed by atoms with Gasteiger partial charge < -0.3 is 10.0 Å². The molecule has 0 aliphatic carbocycles. The molecule has 1 aliphatic rings. The van der Waals surface area contributed by atoms with Gasteiger partial charge >= 0.3 is 0 Å². The van der Waals surface area contributed by atoms with Crippen LogP contribution in [0.2, 0.25) is 0 Å². The molecule has 2 unspecified atom stereocenters. The van der Waals surface area contributed by atoms with Gasteiger partial charge in [0.05, 0.1) is 12.6 Å². The molecule has 1 N–H and O–H groups in total. The Morgan fingerprint density at radius 3 is 2.79 bits per heavy atom. The van der Waals surface area contributed by atoms with Crippen molar-refractivity contribution in [2.45, 2.75) is 32.4 Å². The number of hydrogen-bond acceptors (Lipinski definition) is 3. The van der Waals surface area contributed by atoms with Gasteiger partial charge in [-0.05, 0) is 51.1 Å². The molecule has 0 aromatic heterocycles. The molecule has 2 atom stereocenters. The van der Waals surface area contributed by atoms with E-state index in [1.54, 1.807) is 0 Å². The molecule has 0 amide bonds. The number of likely N-dealkylation sites (N-methyl/N-ethyl adjacent to an activating group) is 1. The normalized spacial score (nSPS) is 25.4. The number of benzene rings is 1. The third-order valence-electron chi connectivity index (χ3n) is 4.23. The lowest BCUT2D eigenvalue weighted by Gasteiger charge is -2.31. The van der Waals surface area contributed by atoms with Crippen molar-refractivity contribution in [3.8, 4) is 0 Å². The minimum atomic E-state index is 0.209. The molecule has 1 aromatic carbocycles. The molecule has 4 heteroatoms. The first-order valence-corrected chi connectivity index (χ1v) is 7.66. The van der Waals surface area contributed by atoms with E-state index in [0.717, 1.165) is 24.0 Å². The molecule has 0 bridgehead atoms. The van der Waals surface area contributed by atoms with Crippen LogP contribution in [-0.4, -0.2) is 48.8 Å². The molecule has 3 nitrogen and oxygen atoms in total. The summed E-state index contributed by atoms with van der Waals surface area (Å²) in [6.07, 6.45) is 1.13. The second-order valence-electron chi connectivity index (χ2n) is 5.52. The predicted molar refractivity (Wildman–Crippen MR) is 83.8 cm³/mol. The molecular formula is C15H23BrN2O. The van der Waals surface area contributed by atoms with Crippen molar-refractivity contribution < 1.29 is 5.11 Å². The monoisotopic (exact) mass is 326 g/mol. The second-order valence-corrected chi connectivity index (χ2v) is 6.43. The van der Waals surface area contributed by atoms with Gasteiger partial charge in [-0.15, -0.1) is 0 Å². The lowest BCUT2D eigenvalue weighted by molar-refractivity contribution is 0.127. The van der Waals surface area contributed by atoms with Crippen molar-refractivity contribution in [2.75, 3.05) is 31.6 Å². The number of aliphatic hydroxyl groups is 1. The molecule has 2 rings (SSSR count). The summed E-state index contributed by atoms with van der Waals surface area (Å²) in [4.78, 5) is 4.71. The number of halogens is 1. The van der Waals surface area contributed by atoms with Crippen LogP contribution in [0.25, 0.3) is 0 Å². The van der Waals surface area contributed by atoms with Gasteiger partial charge in [0.2, 0.25) is 0 Å². The molecule has 1 aliphatic heterocycles. The molecule has 1 fully saturated rings. The van der Waals surface area contributed by atoms with Gasteiger partial charge in [0.15, 0.2) is 0 Å². The lowest BCUT2D eigenvalue weighted by Crippen LogP contribution is -2.44. The van der Waals surface area contributed by atoms with E-state index in [2.05, 4.69) is 64.8 Å². The fourth-order valence-corrected chi connectivity index (χ4v) is 3.24. The van der Waals surface area contributed by atoms with Crippen LogP contribution in [-0.2, 0) is 0 Å². The van der Waals surface area contributed by atoms with Crippen LogP contribution in [0.1, 0.15) is 18.9 Å². The maximum Gasteiger partial charge on any atom is 0.0604 e. The second kappa shape index (κ2) is 6.25. The first-order chi connectivity index (χ1) is 9.02. The molecule has 0 radical (unpaired) electrons. The standard InChI is InChI=1S/C15H23BrN2O/c1-11-8-13(16)4-5-15(11)18-7-6-12(2)17(3)14(9-18)10-19/h4-5,8,12,14,19H,6-7,9-10H2,1-3H3. The minimum absolute atomic E-state index is 0.209. The average Bonchev–Trinajstić information content (AvgIpc) is 2.51. The Balaban J connectivity index is 2.24. The van der Waals surface area contributed by atoms with Gasteiger partial charge in [-0.3, -0.25) is 4.90 Å². The van der Waals surface area contributed by atoms with Crippen molar-refractivity contribution in [3.05, 3.63) is 28.2 Å². The Morgan fingerprint density at radius 1 is 1.42 bits per heavy atom. The Morgan fingerprint density at radius 2 is 2.16 bits per heavy atom. The summed E-state index contributed by atoms with van der Waals surface area (Å²) < 4.78 is 1.12. The molecule has 0 spiro atoms. The van der Waals surface area contributed by atoms with E-state index in [9.17, 15) is 5.11 Å². The van der Waals surface area contributed by atoms with Crippen LogP contribution in [0.3, 0.4) is 0 Å². The fourth-order valence-electron chi connectivity index (χ4n) is 2.76. The van der Waals surface area contributed by atoms with Crippen LogP contribution in [0.15, 0.2) is 22.7 Å². The van der Waals surface area contributed by atoms with Gasteiger partial charge in [-0.1, -0.05) is 15.9 Å². The van der Waals surface area contributed by atoms with Crippen molar-refractivity contribution in [1.29, 1.82) is 0 Å². The van der Waals surface area contributed by atoms with Crippen molar-refractivity contribution in [2.24, 2.45) is 0 Å². The zero-order valence-corrected chi connectivity index (χ0v) is 13.5. The first kappa shape index (κ1) is 14.8. The molecule has 0 saturated carbocycles. The summed E-state index contributed by atoms with van der Waals surface area (Å²) in [7, 11) is 2.11. The van der Waals surface area contributed by atoms with Crippen LogP contribution >= 0.6 is 15.9 Å².